The highest BCUT2D eigenvalue weighted by Gasteiger charge is 2.47. The summed E-state index contributed by atoms with van der Waals surface area (Å²) in [6.45, 7) is 2.08. The van der Waals surface area contributed by atoms with Crippen molar-refractivity contribution in [2.24, 2.45) is 0 Å². The van der Waals surface area contributed by atoms with E-state index in [9.17, 15) is 9.59 Å². The molecule has 0 aliphatic carbocycles. The average molecular weight is 573 g/mol. The van der Waals surface area contributed by atoms with Crippen molar-refractivity contribution in [3.05, 3.63) is 106 Å². The number of methoxy groups -OCH3 is 1. The van der Waals surface area contributed by atoms with Gasteiger partial charge in [-0.15, -0.1) is 0 Å². The van der Waals surface area contributed by atoms with Crippen molar-refractivity contribution in [3.63, 3.8) is 0 Å². The van der Waals surface area contributed by atoms with E-state index in [-0.39, 0.29) is 18.4 Å². The predicted octanol–water partition coefficient (Wildman–Crippen LogP) is 7.28. The van der Waals surface area contributed by atoms with Gasteiger partial charge in [-0.25, -0.2) is 0 Å². The highest BCUT2D eigenvalue weighted by molar-refractivity contribution is 7.98. The maximum absolute atomic E-state index is 14.0. The third kappa shape index (κ3) is 6.92. The topological polar surface area (TPSA) is 55.8 Å². The lowest BCUT2D eigenvalue weighted by Gasteiger charge is -2.48. The number of morpholine rings is 1. The molecule has 0 spiro atoms. The Kier molecular flexibility index (Phi) is 10.1. The zero-order valence-electron chi connectivity index (χ0n) is 21.4. The lowest BCUT2D eigenvalue weighted by molar-refractivity contribution is -0.183. The van der Waals surface area contributed by atoms with Crippen LogP contribution in [0.2, 0.25) is 10.0 Å². The van der Waals surface area contributed by atoms with Crippen molar-refractivity contribution in [1.82, 2.24) is 4.90 Å². The first kappa shape index (κ1) is 28.5. The minimum absolute atomic E-state index is 0.0948. The zero-order valence-corrected chi connectivity index (χ0v) is 23.7. The monoisotopic (exact) mass is 571 g/mol. The molecule has 0 radical (unpaired) electrons. The molecule has 0 aromatic heterocycles. The van der Waals surface area contributed by atoms with E-state index in [1.807, 2.05) is 65.6 Å². The highest BCUT2D eigenvalue weighted by atomic mass is 35.5. The van der Waals surface area contributed by atoms with Gasteiger partial charge in [0.05, 0.1) is 19.6 Å². The van der Waals surface area contributed by atoms with E-state index in [1.54, 1.807) is 17.8 Å². The number of hydrogen-bond acceptors (Lipinski definition) is 5. The molecule has 3 aromatic carbocycles. The summed E-state index contributed by atoms with van der Waals surface area (Å²) < 4.78 is 11.3. The molecular formula is C30H31Cl2NO4S. The van der Waals surface area contributed by atoms with Gasteiger partial charge >= 0.3 is 5.97 Å². The molecule has 8 heteroatoms. The number of ether oxygens (including phenoxy) is 2. The molecule has 1 aliphatic heterocycles. The van der Waals surface area contributed by atoms with Gasteiger partial charge in [-0.1, -0.05) is 84.7 Å². The minimum Gasteiger partial charge on any atom is -0.469 e. The van der Waals surface area contributed by atoms with E-state index < -0.39 is 24.2 Å². The number of halogens is 2. The quantitative estimate of drug-likeness (QED) is 0.239. The van der Waals surface area contributed by atoms with Crippen molar-refractivity contribution < 1.29 is 19.1 Å². The number of nitrogens with zero attached hydrogens (tertiary/aromatic N) is 1. The Morgan fingerprint density at radius 2 is 1.74 bits per heavy atom. The van der Waals surface area contributed by atoms with Crippen LogP contribution in [0.15, 0.2) is 78.9 Å². The van der Waals surface area contributed by atoms with Crippen LogP contribution in [-0.4, -0.2) is 41.8 Å². The Morgan fingerprint density at radius 3 is 2.39 bits per heavy atom. The molecule has 0 saturated carbocycles. The number of esters is 1. The molecule has 0 bridgehead atoms. The van der Waals surface area contributed by atoms with Gasteiger partial charge in [-0.3, -0.25) is 9.59 Å². The standard InChI is InChI=1S/C30H31Cl2NO4S/c1-3-25(19-38-18-20-8-5-4-6-9-20)33-28(21-12-14-23(31)15-13-21)29(22-10-7-11-24(32)16-22)37-26(30(33)35)17-27(34)36-2/h4-16,25-26,28-29H,3,17-19H2,1-2H3/t25?,26?,28-,29-/m1/s1. The second-order valence-corrected chi connectivity index (χ2v) is 11.1. The Morgan fingerprint density at radius 1 is 1.00 bits per heavy atom. The Labute approximate surface area is 238 Å². The minimum atomic E-state index is -0.969. The number of rotatable bonds is 10. The fourth-order valence-electron chi connectivity index (χ4n) is 4.76. The van der Waals surface area contributed by atoms with Crippen LogP contribution >= 0.6 is 35.0 Å². The second kappa shape index (κ2) is 13.5. The van der Waals surface area contributed by atoms with Crippen molar-refractivity contribution in [3.8, 4) is 0 Å². The number of carbonyl (C=O) groups excluding carboxylic acids is 2. The summed E-state index contributed by atoms with van der Waals surface area (Å²) in [5.74, 6) is 0.851. The average Bonchev–Trinajstić information content (AvgIpc) is 2.93. The SMILES string of the molecule is CCC(CSCc1ccccc1)N1C(=O)C(CC(=O)OC)O[C@H](c2cccc(Cl)c2)[C@H]1c1ccc(Cl)cc1. The van der Waals surface area contributed by atoms with Gasteiger partial charge in [0.1, 0.15) is 12.2 Å². The van der Waals surface area contributed by atoms with E-state index in [0.29, 0.717) is 10.0 Å². The van der Waals surface area contributed by atoms with E-state index in [2.05, 4.69) is 19.1 Å². The number of hydrogen-bond donors (Lipinski definition) is 0. The molecule has 1 heterocycles. The molecule has 1 aliphatic rings. The van der Waals surface area contributed by atoms with Gasteiger partial charge in [0.15, 0.2) is 0 Å². The second-order valence-electron chi connectivity index (χ2n) is 9.19. The summed E-state index contributed by atoms with van der Waals surface area (Å²) in [7, 11) is 1.31. The van der Waals surface area contributed by atoms with Gasteiger partial charge in [-0.2, -0.15) is 11.8 Å². The lowest BCUT2D eigenvalue weighted by Crippen LogP contribution is -2.55. The Balaban J connectivity index is 1.73. The third-order valence-corrected chi connectivity index (χ3v) is 8.33. The van der Waals surface area contributed by atoms with E-state index in [0.717, 1.165) is 29.1 Å². The molecule has 0 N–H and O–H groups in total. The lowest BCUT2D eigenvalue weighted by atomic mass is 9.89. The zero-order chi connectivity index (χ0) is 27.1. The molecule has 4 rings (SSSR count). The summed E-state index contributed by atoms with van der Waals surface area (Å²) in [5.41, 5.74) is 2.96. The number of benzene rings is 3. The molecule has 1 fully saturated rings. The summed E-state index contributed by atoms with van der Waals surface area (Å²) in [6, 6.07) is 24.7. The Bertz CT molecular complexity index is 1220. The largest absolute Gasteiger partial charge is 0.469 e. The van der Waals surface area contributed by atoms with E-state index >= 15 is 0 Å². The van der Waals surface area contributed by atoms with Crippen LogP contribution in [-0.2, 0) is 24.8 Å². The molecule has 4 atom stereocenters. The van der Waals surface area contributed by atoms with Crippen molar-refractivity contribution in [2.45, 2.75) is 49.8 Å². The van der Waals surface area contributed by atoms with Gasteiger partial charge in [0.2, 0.25) is 0 Å². The molecule has 38 heavy (non-hydrogen) atoms. The first-order chi connectivity index (χ1) is 18.4. The first-order valence-corrected chi connectivity index (χ1v) is 14.5. The Hall–Kier alpha value is -2.51. The van der Waals surface area contributed by atoms with Crippen LogP contribution in [0.25, 0.3) is 0 Å². The fourth-order valence-corrected chi connectivity index (χ4v) is 6.30. The van der Waals surface area contributed by atoms with Crippen molar-refractivity contribution in [2.75, 3.05) is 12.9 Å². The smallest absolute Gasteiger partial charge is 0.308 e. The van der Waals surface area contributed by atoms with E-state index in [1.165, 1.54) is 12.7 Å². The van der Waals surface area contributed by atoms with Crippen LogP contribution in [0.1, 0.15) is 48.6 Å². The van der Waals surface area contributed by atoms with E-state index in [4.69, 9.17) is 32.7 Å². The van der Waals surface area contributed by atoms with Crippen LogP contribution in [0, 0.1) is 0 Å². The summed E-state index contributed by atoms with van der Waals surface area (Å²) >= 11 is 14.4. The maximum Gasteiger partial charge on any atom is 0.308 e. The van der Waals surface area contributed by atoms with Crippen molar-refractivity contribution >= 4 is 46.8 Å². The molecule has 3 aromatic rings. The van der Waals surface area contributed by atoms with Crippen LogP contribution < -0.4 is 0 Å². The molecule has 200 valence electrons. The molecule has 1 saturated heterocycles. The number of amides is 1. The molecule has 1 amide bonds. The van der Waals surface area contributed by atoms with Gasteiger partial charge < -0.3 is 14.4 Å². The molecule has 5 nitrogen and oxygen atoms in total. The normalized spacial score (nSPS) is 20.3. The third-order valence-electron chi connectivity index (χ3n) is 6.68. The van der Waals surface area contributed by atoms with Crippen LogP contribution in [0.5, 0.6) is 0 Å². The highest BCUT2D eigenvalue weighted by Crippen LogP contribution is 2.45. The first-order valence-electron chi connectivity index (χ1n) is 12.6. The number of thioether (sulfide) groups is 1. The maximum atomic E-state index is 14.0. The van der Waals surface area contributed by atoms with Crippen molar-refractivity contribution in [1.29, 1.82) is 0 Å². The van der Waals surface area contributed by atoms with Crippen LogP contribution in [0.4, 0.5) is 0 Å². The summed E-state index contributed by atoms with van der Waals surface area (Å²) in [4.78, 5) is 28.2. The van der Waals surface area contributed by atoms with Gasteiger partial charge in [0, 0.05) is 27.6 Å². The van der Waals surface area contributed by atoms with Gasteiger partial charge in [0.25, 0.3) is 5.91 Å². The fraction of sp³-hybridized carbons (Fsp3) is 0.333. The van der Waals surface area contributed by atoms with Gasteiger partial charge in [-0.05, 0) is 47.4 Å². The summed E-state index contributed by atoms with van der Waals surface area (Å²) in [5, 5.41) is 1.18. The molecule has 2 unspecified atom stereocenters. The number of carbonyl (C=O) groups is 2. The predicted molar refractivity (Wildman–Crippen MR) is 153 cm³/mol. The summed E-state index contributed by atoms with van der Waals surface area (Å²) in [6.07, 6.45) is -0.937. The molecular weight excluding hydrogens is 541 g/mol. The van der Waals surface area contributed by atoms with Crippen LogP contribution in [0.3, 0.4) is 0 Å².